The van der Waals surface area contributed by atoms with Crippen molar-refractivity contribution in [1.82, 2.24) is 0 Å². The van der Waals surface area contributed by atoms with Crippen LogP contribution in [0.2, 0.25) is 0 Å². The second-order valence-corrected chi connectivity index (χ2v) is 5.87. The molecule has 0 saturated carbocycles. The second-order valence-electron chi connectivity index (χ2n) is 5.87. The molecule has 0 bridgehead atoms. The van der Waals surface area contributed by atoms with Crippen LogP contribution >= 0.6 is 0 Å². The van der Waals surface area contributed by atoms with Gasteiger partial charge in [-0.15, -0.1) is 0 Å². The number of rotatable bonds is 8. The molecule has 1 amide bonds. The topological polar surface area (TPSA) is 99.9 Å². The Morgan fingerprint density at radius 2 is 1.69 bits per heavy atom. The second kappa shape index (κ2) is 9.23. The Morgan fingerprint density at radius 3 is 2.41 bits per heavy atom. The Bertz CT molecular complexity index is 1010. The molecule has 0 heterocycles. The van der Waals surface area contributed by atoms with E-state index >= 15 is 0 Å². The molecule has 0 radical (unpaired) electrons. The monoisotopic (exact) mass is 394 g/mol. The van der Waals surface area contributed by atoms with Crippen molar-refractivity contribution in [3.05, 3.63) is 82.9 Å². The summed E-state index contributed by atoms with van der Waals surface area (Å²) < 4.78 is 16.3. The molecule has 3 aromatic rings. The molecular weight excluding hydrogens is 376 g/mol. The van der Waals surface area contributed by atoms with Gasteiger partial charge in [-0.3, -0.25) is 14.9 Å². The Kier molecular flexibility index (Phi) is 6.26. The molecule has 0 fully saturated rings. The van der Waals surface area contributed by atoms with Crippen molar-refractivity contribution in [3.63, 3.8) is 0 Å². The van der Waals surface area contributed by atoms with Gasteiger partial charge in [-0.05, 0) is 30.3 Å². The summed E-state index contributed by atoms with van der Waals surface area (Å²) in [4.78, 5) is 22.5. The zero-order valence-corrected chi connectivity index (χ0v) is 15.5. The number of amides is 1. The number of ether oxygens (including phenoxy) is 3. The van der Waals surface area contributed by atoms with Gasteiger partial charge in [0, 0.05) is 12.1 Å². The molecule has 0 atom stereocenters. The minimum absolute atomic E-state index is 0.133. The van der Waals surface area contributed by atoms with Crippen molar-refractivity contribution >= 4 is 17.3 Å². The van der Waals surface area contributed by atoms with E-state index in [9.17, 15) is 14.9 Å². The van der Waals surface area contributed by atoms with Crippen molar-refractivity contribution in [2.24, 2.45) is 0 Å². The summed E-state index contributed by atoms with van der Waals surface area (Å²) in [5.41, 5.74) is 0.180. The summed E-state index contributed by atoms with van der Waals surface area (Å²) >= 11 is 0. The highest BCUT2D eigenvalue weighted by Gasteiger charge is 2.14. The normalized spacial score (nSPS) is 10.1. The zero-order chi connectivity index (χ0) is 20.6. The fraction of sp³-hybridized carbons (Fsp3) is 0.0952. The van der Waals surface area contributed by atoms with Crippen LogP contribution in [-0.4, -0.2) is 24.5 Å². The summed E-state index contributed by atoms with van der Waals surface area (Å²) in [6.45, 7) is -0.255. The molecule has 3 aromatic carbocycles. The van der Waals surface area contributed by atoms with Crippen molar-refractivity contribution in [1.29, 1.82) is 0 Å². The zero-order valence-electron chi connectivity index (χ0n) is 15.5. The fourth-order valence-electron chi connectivity index (χ4n) is 2.48. The number of benzene rings is 3. The molecule has 0 aliphatic heterocycles. The van der Waals surface area contributed by atoms with Crippen LogP contribution < -0.4 is 19.5 Å². The van der Waals surface area contributed by atoms with E-state index in [2.05, 4.69) is 5.32 Å². The lowest BCUT2D eigenvalue weighted by molar-refractivity contribution is -0.384. The molecule has 0 spiro atoms. The molecule has 8 nitrogen and oxygen atoms in total. The van der Waals surface area contributed by atoms with Crippen LogP contribution in [0.3, 0.4) is 0 Å². The number of nitro benzene ring substituents is 1. The molecule has 0 saturated heterocycles. The van der Waals surface area contributed by atoms with Crippen molar-refractivity contribution in [2.45, 2.75) is 0 Å². The van der Waals surface area contributed by atoms with E-state index in [1.807, 2.05) is 30.3 Å². The van der Waals surface area contributed by atoms with Crippen molar-refractivity contribution < 1.29 is 23.9 Å². The summed E-state index contributed by atoms with van der Waals surface area (Å²) in [5, 5.41) is 13.4. The first-order valence-electron chi connectivity index (χ1n) is 8.63. The third-order valence-corrected chi connectivity index (χ3v) is 3.82. The van der Waals surface area contributed by atoms with E-state index in [0.717, 1.165) is 0 Å². The van der Waals surface area contributed by atoms with E-state index in [1.165, 1.54) is 25.3 Å². The SMILES string of the molecule is COc1cc([N+](=O)[O-])ccc1NC(=O)COc1cccc(Oc2ccccc2)c1. The first-order chi connectivity index (χ1) is 14.0. The minimum atomic E-state index is -0.540. The maximum absolute atomic E-state index is 12.2. The van der Waals surface area contributed by atoms with Crippen LogP contribution in [0.25, 0.3) is 0 Å². The third kappa shape index (κ3) is 5.46. The third-order valence-electron chi connectivity index (χ3n) is 3.82. The highest BCUT2D eigenvalue weighted by atomic mass is 16.6. The molecule has 0 aliphatic rings. The van der Waals surface area contributed by atoms with E-state index in [4.69, 9.17) is 14.2 Å². The summed E-state index contributed by atoms with van der Waals surface area (Å²) in [6, 6.07) is 20.1. The van der Waals surface area contributed by atoms with Gasteiger partial charge >= 0.3 is 0 Å². The van der Waals surface area contributed by atoms with Gasteiger partial charge in [-0.1, -0.05) is 24.3 Å². The molecular formula is C21H18N2O6. The van der Waals surface area contributed by atoms with E-state index < -0.39 is 10.8 Å². The van der Waals surface area contributed by atoms with Crippen LogP contribution in [0.1, 0.15) is 0 Å². The predicted molar refractivity (Wildman–Crippen MR) is 107 cm³/mol. The molecule has 8 heteroatoms. The first-order valence-corrected chi connectivity index (χ1v) is 8.63. The van der Waals surface area contributed by atoms with Crippen molar-refractivity contribution in [2.75, 3.05) is 19.0 Å². The smallest absolute Gasteiger partial charge is 0.273 e. The number of nitrogens with one attached hydrogen (secondary N) is 1. The number of anilines is 1. The Hall–Kier alpha value is -4.07. The van der Waals surface area contributed by atoms with Gasteiger partial charge in [0.05, 0.1) is 23.8 Å². The number of hydrogen-bond acceptors (Lipinski definition) is 6. The average molecular weight is 394 g/mol. The molecule has 0 aromatic heterocycles. The number of nitro groups is 1. The van der Waals surface area contributed by atoms with E-state index in [1.54, 1.807) is 24.3 Å². The van der Waals surface area contributed by atoms with Gasteiger partial charge in [-0.25, -0.2) is 0 Å². The molecule has 29 heavy (non-hydrogen) atoms. The van der Waals surface area contributed by atoms with Gasteiger partial charge in [-0.2, -0.15) is 0 Å². The number of carbonyl (C=O) groups is 1. The fourth-order valence-corrected chi connectivity index (χ4v) is 2.48. The highest BCUT2D eigenvalue weighted by molar-refractivity contribution is 5.93. The Balaban J connectivity index is 1.60. The Labute approximate surface area is 166 Å². The lowest BCUT2D eigenvalue weighted by Gasteiger charge is -2.11. The minimum Gasteiger partial charge on any atom is -0.494 e. The van der Waals surface area contributed by atoms with Crippen LogP contribution in [-0.2, 0) is 4.79 Å². The van der Waals surface area contributed by atoms with E-state index in [0.29, 0.717) is 22.9 Å². The van der Waals surface area contributed by atoms with Crippen LogP contribution in [0.5, 0.6) is 23.0 Å². The summed E-state index contributed by atoms with van der Waals surface area (Å²) in [7, 11) is 1.36. The molecule has 3 rings (SSSR count). The molecule has 0 aliphatic carbocycles. The highest BCUT2D eigenvalue weighted by Crippen LogP contribution is 2.29. The van der Waals surface area contributed by atoms with Gasteiger partial charge < -0.3 is 19.5 Å². The molecule has 0 unspecified atom stereocenters. The number of carbonyl (C=O) groups excluding carboxylic acids is 1. The van der Waals surface area contributed by atoms with Crippen molar-refractivity contribution in [3.8, 4) is 23.0 Å². The van der Waals surface area contributed by atoms with Gasteiger partial charge in [0.15, 0.2) is 6.61 Å². The summed E-state index contributed by atoms with van der Waals surface area (Å²) in [5.74, 6) is 1.47. The molecule has 148 valence electrons. The van der Waals surface area contributed by atoms with Crippen LogP contribution in [0.4, 0.5) is 11.4 Å². The van der Waals surface area contributed by atoms with Gasteiger partial charge in [0.1, 0.15) is 23.0 Å². The number of non-ortho nitro benzene ring substituents is 1. The quantitative estimate of drug-likeness (QED) is 0.449. The van der Waals surface area contributed by atoms with Crippen LogP contribution in [0, 0.1) is 10.1 Å². The molecule has 1 N–H and O–H groups in total. The average Bonchev–Trinajstić information content (AvgIpc) is 2.73. The first kappa shape index (κ1) is 19.7. The van der Waals surface area contributed by atoms with Crippen LogP contribution in [0.15, 0.2) is 72.8 Å². The number of para-hydroxylation sites is 1. The lowest BCUT2D eigenvalue weighted by Crippen LogP contribution is -2.20. The standard InChI is InChI=1S/C21H18N2O6/c1-27-20-12-15(23(25)26)10-11-19(20)22-21(24)14-28-17-8-5-9-18(13-17)29-16-6-3-2-4-7-16/h2-13H,14H2,1H3,(H,22,24). The Morgan fingerprint density at radius 1 is 0.966 bits per heavy atom. The lowest BCUT2D eigenvalue weighted by atomic mass is 10.2. The number of hydrogen-bond donors (Lipinski definition) is 1. The maximum atomic E-state index is 12.2. The maximum Gasteiger partial charge on any atom is 0.273 e. The number of nitrogens with zero attached hydrogens (tertiary/aromatic N) is 1. The summed E-state index contributed by atoms with van der Waals surface area (Å²) in [6.07, 6.45) is 0. The van der Waals surface area contributed by atoms with Gasteiger partial charge in [0.2, 0.25) is 0 Å². The van der Waals surface area contributed by atoms with E-state index in [-0.39, 0.29) is 18.0 Å². The van der Waals surface area contributed by atoms with Gasteiger partial charge in [0.25, 0.3) is 11.6 Å². The largest absolute Gasteiger partial charge is 0.494 e. The predicted octanol–water partition coefficient (Wildman–Crippen LogP) is 4.41. The number of methoxy groups -OCH3 is 1.